The minimum Gasteiger partial charge on any atom is -0.418 e. The van der Waals surface area contributed by atoms with E-state index in [1.54, 1.807) is 0 Å². The number of hydrogen-bond donors (Lipinski definition) is 1. The summed E-state index contributed by atoms with van der Waals surface area (Å²) in [7, 11) is -17.3. The van der Waals surface area contributed by atoms with Gasteiger partial charge in [-0.15, -0.1) is 5.50 Å². The quantitative estimate of drug-likeness (QED) is 0.0427. The molecular formula is C36H92BF4N13P4. The lowest BCUT2D eigenvalue weighted by atomic mass is 10.3. The molecule has 0 spiro atoms. The van der Waals surface area contributed by atoms with Gasteiger partial charge in [0.25, 0.3) is 0 Å². The van der Waals surface area contributed by atoms with Gasteiger partial charge in [0.05, 0.1) is 0 Å². The lowest BCUT2D eigenvalue weighted by Crippen LogP contribution is -2.43. The highest BCUT2D eigenvalue weighted by atomic mass is 31.3. The van der Waals surface area contributed by atoms with Crippen molar-refractivity contribution in [2.24, 2.45) is 19.1 Å². The highest BCUT2D eigenvalue weighted by Gasteiger charge is 2.54. The monoisotopic (exact) mass is 918 g/mol. The Bertz CT molecular complexity index is 978. The van der Waals surface area contributed by atoms with Crippen molar-refractivity contribution in [3.63, 3.8) is 0 Å². The predicted molar refractivity (Wildman–Crippen MR) is 256 cm³/mol. The van der Waals surface area contributed by atoms with Crippen LogP contribution in [0.2, 0.25) is 0 Å². The third-order valence-electron chi connectivity index (χ3n) is 10.7. The van der Waals surface area contributed by atoms with Crippen LogP contribution in [-0.4, -0.2) is 167 Å². The summed E-state index contributed by atoms with van der Waals surface area (Å²) in [6.45, 7) is 57.2. The largest absolute Gasteiger partial charge is 0.673 e. The van der Waals surface area contributed by atoms with Gasteiger partial charge in [-0.2, -0.15) is 0 Å². The highest BCUT2D eigenvalue weighted by Crippen LogP contribution is 2.80. The summed E-state index contributed by atoms with van der Waals surface area (Å²) in [6, 6.07) is 0. The Morgan fingerprint density at radius 3 is 0.466 bits per heavy atom. The second kappa shape index (κ2) is 29.8. The molecule has 0 aromatic carbocycles. The maximum atomic E-state index is 9.75. The summed E-state index contributed by atoms with van der Waals surface area (Å²) in [5, 5.41) is 0. The highest BCUT2D eigenvalue weighted by molar-refractivity contribution is 7.84. The number of halogens is 4. The van der Waals surface area contributed by atoms with Gasteiger partial charge in [-0.3, -0.25) is 0 Å². The van der Waals surface area contributed by atoms with Crippen molar-refractivity contribution in [2.75, 3.05) is 118 Å². The maximum absolute atomic E-state index is 9.75. The van der Waals surface area contributed by atoms with Crippen LogP contribution in [0.1, 0.15) is 125 Å². The zero-order valence-electron chi connectivity index (χ0n) is 40.5. The Balaban J connectivity index is 0. The summed E-state index contributed by atoms with van der Waals surface area (Å²) in [5.74, 6) is 0. The first-order chi connectivity index (χ1) is 27.3. The maximum Gasteiger partial charge on any atom is 0.673 e. The number of hydrogen-bond acceptors (Lipinski definition) is 4. The molecule has 0 aliphatic heterocycles. The molecule has 0 bridgehead atoms. The van der Waals surface area contributed by atoms with Gasteiger partial charge in [0.2, 0.25) is 22.5 Å². The van der Waals surface area contributed by atoms with Crippen LogP contribution >= 0.6 is 30.4 Å². The van der Waals surface area contributed by atoms with Crippen LogP contribution in [-0.2, 0) is 0 Å². The van der Waals surface area contributed by atoms with E-state index in [4.69, 9.17) is 19.1 Å². The molecule has 0 heterocycles. The predicted octanol–water partition coefficient (Wildman–Crippen LogP) is 11.8. The van der Waals surface area contributed by atoms with Crippen LogP contribution < -0.4 is 5.50 Å². The average Bonchev–Trinajstić information content (AvgIpc) is 3.18. The van der Waals surface area contributed by atoms with Crippen LogP contribution in [0, 0.1) is 0 Å². The number of nitrogens with zero attached hydrogens (tertiary/aromatic N) is 12. The van der Waals surface area contributed by atoms with Crippen LogP contribution in [0.25, 0.3) is 0 Å². The number of rotatable bonds is 30. The summed E-state index contributed by atoms with van der Waals surface area (Å²) in [5.41, 5.74) is 8.44. The molecule has 352 valence electrons. The van der Waals surface area contributed by atoms with Gasteiger partial charge < -0.3 is 17.3 Å². The summed E-state index contributed by atoms with van der Waals surface area (Å²) in [6.07, 6.45) is 0. The standard InChI is InChI=1S/C36H92N13P4.BF4/c1-19-41(20-2)51(42(21-3)22-4,43(23-5)24-6)38-50(37,39-52(44(25-7)26-8,45(27-9)28-10)46(29-11)30-12)40-53(47(31-13)32-14,48(33-15)34-16)49(35-17)36-18;2-1(3,4)5/h19-37H2,1-18H3;/q+1;-1. The van der Waals surface area contributed by atoms with E-state index >= 15 is 0 Å². The van der Waals surface area contributed by atoms with Crippen molar-refractivity contribution in [1.29, 1.82) is 0 Å². The van der Waals surface area contributed by atoms with Crippen LogP contribution in [0.15, 0.2) is 13.5 Å². The van der Waals surface area contributed by atoms with Gasteiger partial charge >= 0.3 is 15.1 Å². The molecule has 0 saturated carbocycles. The third-order valence-corrected chi connectivity index (χ3v) is 28.7. The van der Waals surface area contributed by atoms with Crippen LogP contribution in [0.3, 0.4) is 0 Å². The molecule has 0 unspecified atom stereocenters. The Morgan fingerprint density at radius 2 is 0.397 bits per heavy atom. The molecule has 13 nitrogen and oxygen atoms in total. The lowest BCUT2D eigenvalue weighted by molar-refractivity contribution is 0.339. The zero-order valence-corrected chi connectivity index (χ0v) is 44.1. The van der Waals surface area contributed by atoms with Crippen LogP contribution in [0.4, 0.5) is 17.3 Å². The first-order valence-corrected chi connectivity index (χ1v) is 29.1. The Morgan fingerprint density at radius 1 is 0.310 bits per heavy atom. The Hall–Kier alpha value is 0.505. The average molecular weight is 918 g/mol. The van der Waals surface area contributed by atoms with E-state index in [1.165, 1.54) is 0 Å². The van der Waals surface area contributed by atoms with Gasteiger partial charge in [0, 0.05) is 118 Å². The van der Waals surface area contributed by atoms with E-state index in [9.17, 15) is 17.3 Å². The molecule has 0 fully saturated rings. The second-order valence-corrected chi connectivity index (χ2v) is 24.9. The zero-order chi connectivity index (χ0) is 45.5. The van der Waals surface area contributed by atoms with Crippen molar-refractivity contribution >= 4 is 37.6 Å². The van der Waals surface area contributed by atoms with Gasteiger partial charge in [-0.25, -0.2) is 42.0 Å². The van der Waals surface area contributed by atoms with Gasteiger partial charge in [0.15, 0.2) is 0 Å². The molecule has 0 saturated heterocycles. The molecule has 0 rings (SSSR count). The summed E-state index contributed by atoms with van der Waals surface area (Å²) >= 11 is 0. The SMILES string of the molecule is CCN(CC)P(=N[P+](N)(N=P(N(CC)CC)(N(CC)CC)N(CC)CC)N=P(N(CC)CC)(N(CC)CC)N(CC)CC)(N(CC)CC)N(CC)CC.F[B-](F)(F)F. The van der Waals surface area contributed by atoms with E-state index in [0.29, 0.717) is 0 Å². The molecule has 0 aliphatic rings. The smallest absolute Gasteiger partial charge is 0.418 e. The van der Waals surface area contributed by atoms with Crippen LogP contribution in [0.5, 0.6) is 0 Å². The van der Waals surface area contributed by atoms with Gasteiger partial charge in [0.1, 0.15) is 0 Å². The Labute approximate surface area is 357 Å². The normalized spacial score (nSPS) is 13.7. The fraction of sp³-hybridized carbons (Fsp3) is 1.00. The lowest BCUT2D eigenvalue weighted by Gasteiger charge is -2.49. The van der Waals surface area contributed by atoms with E-state index in [0.717, 1.165) is 118 Å². The third kappa shape index (κ3) is 14.8. The van der Waals surface area contributed by atoms with E-state index in [1.807, 2.05) is 0 Å². The fourth-order valence-corrected chi connectivity index (χ4v) is 27.9. The molecule has 2 N–H and O–H groups in total. The van der Waals surface area contributed by atoms with E-state index in [-0.39, 0.29) is 0 Å². The number of nitrogens with two attached hydrogens (primary N) is 1. The van der Waals surface area contributed by atoms with Crippen molar-refractivity contribution in [3.05, 3.63) is 0 Å². The molecular weight excluding hydrogens is 825 g/mol. The minimum absolute atomic E-state index is 0.881. The summed E-state index contributed by atoms with van der Waals surface area (Å²) < 4.78 is 81.9. The molecule has 0 aromatic heterocycles. The molecule has 0 aliphatic carbocycles. The van der Waals surface area contributed by atoms with E-state index < -0.39 is 37.6 Å². The molecule has 0 amide bonds. The van der Waals surface area contributed by atoms with E-state index in [2.05, 4.69) is 167 Å². The second-order valence-electron chi connectivity index (χ2n) is 13.2. The topological polar surface area (TPSA) is 92.3 Å². The first kappa shape index (κ1) is 60.6. The van der Waals surface area contributed by atoms with Gasteiger partial charge in [-0.1, -0.05) is 125 Å². The fourth-order valence-electron chi connectivity index (χ4n) is 8.13. The molecule has 22 heteroatoms. The molecule has 58 heavy (non-hydrogen) atoms. The van der Waals surface area contributed by atoms with Crippen molar-refractivity contribution < 1.29 is 17.3 Å². The molecule has 0 radical (unpaired) electrons. The van der Waals surface area contributed by atoms with Crippen molar-refractivity contribution in [2.45, 2.75) is 125 Å². The first-order valence-electron chi connectivity index (χ1n) is 22.6. The molecule has 0 aromatic rings. The Kier molecular flexibility index (Phi) is 31.1. The minimum atomic E-state index is -6.00. The van der Waals surface area contributed by atoms with Gasteiger partial charge in [-0.05, 0) is 13.5 Å². The van der Waals surface area contributed by atoms with Crippen molar-refractivity contribution in [1.82, 2.24) is 42.0 Å². The molecule has 0 atom stereocenters. The summed E-state index contributed by atoms with van der Waals surface area (Å²) in [4.78, 5) is 0. The van der Waals surface area contributed by atoms with Crippen molar-refractivity contribution in [3.8, 4) is 0 Å².